The molecule has 0 saturated carbocycles. The van der Waals surface area contributed by atoms with Crippen LogP contribution in [0.25, 0.3) is 0 Å². The molecule has 1 heterocycles. The molecule has 0 aliphatic heterocycles. The first-order valence-corrected chi connectivity index (χ1v) is 8.54. The van der Waals surface area contributed by atoms with E-state index in [1.165, 1.54) is 11.3 Å². The van der Waals surface area contributed by atoms with Crippen LogP contribution in [0.5, 0.6) is 5.75 Å². The lowest BCUT2D eigenvalue weighted by atomic mass is 9.84. The van der Waals surface area contributed by atoms with E-state index in [4.69, 9.17) is 4.74 Å². The molecular weight excluding hydrogens is 439 g/mol. The minimum absolute atomic E-state index is 0. The molecule has 5 nitrogen and oxygen atoms in total. The number of aliphatic imine (C=N–C) groups is 1. The first-order chi connectivity index (χ1) is 11.9. The van der Waals surface area contributed by atoms with Crippen molar-refractivity contribution in [2.24, 2.45) is 12.0 Å². The van der Waals surface area contributed by atoms with Crippen molar-refractivity contribution in [3.05, 3.63) is 53.9 Å². The van der Waals surface area contributed by atoms with E-state index in [-0.39, 0.29) is 29.4 Å². The highest BCUT2D eigenvalue weighted by molar-refractivity contribution is 14.0. The number of aryl methyl sites for hydroxylation is 1. The van der Waals surface area contributed by atoms with Gasteiger partial charge in [0.05, 0.1) is 13.7 Å². The Balaban J connectivity index is 0.00000338. The molecule has 1 aromatic heterocycles. The zero-order valence-corrected chi connectivity index (χ0v) is 18.9. The number of benzene rings is 1. The fourth-order valence-electron chi connectivity index (χ4n) is 2.81. The standard InChI is InChI=1S/C20H30N4O.HI/c1-20(2,16-9-7-11-18(13-16)25-6)15-22-19(21-3)24(5)14-17-10-8-12-23(17)4;/h7-13H,14-15H2,1-6H3,(H,21,22);1H. The summed E-state index contributed by atoms with van der Waals surface area (Å²) in [6.45, 7) is 6.03. The van der Waals surface area contributed by atoms with Crippen LogP contribution in [0.3, 0.4) is 0 Å². The molecule has 0 amide bonds. The van der Waals surface area contributed by atoms with Crippen molar-refractivity contribution >= 4 is 29.9 Å². The summed E-state index contributed by atoms with van der Waals surface area (Å²) >= 11 is 0. The van der Waals surface area contributed by atoms with Gasteiger partial charge >= 0.3 is 0 Å². The van der Waals surface area contributed by atoms with Gasteiger partial charge in [-0.3, -0.25) is 4.99 Å². The predicted molar refractivity (Wildman–Crippen MR) is 120 cm³/mol. The third-order valence-corrected chi connectivity index (χ3v) is 4.56. The van der Waals surface area contributed by atoms with E-state index in [1.54, 1.807) is 7.11 Å². The lowest BCUT2D eigenvalue weighted by molar-refractivity contribution is 0.410. The van der Waals surface area contributed by atoms with E-state index >= 15 is 0 Å². The molecule has 1 aromatic carbocycles. The van der Waals surface area contributed by atoms with Crippen LogP contribution >= 0.6 is 24.0 Å². The molecule has 1 N–H and O–H groups in total. The number of ether oxygens (including phenoxy) is 1. The van der Waals surface area contributed by atoms with Gasteiger partial charge in [0.1, 0.15) is 5.75 Å². The average Bonchev–Trinajstić information content (AvgIpc) is 3.00. The summed E-state index contributed by atoms with van der Waals surface area (Å²) in [6, 6.07) is 12.4. The molecule has 0 spiro atoms. The molecule has 0 aliphatic rings. The molecule has 0 atom stereocenters. The van der Waals surface area contributed by atoms with Gasteiger partial charge in [-0.25, -0.2) is 0 Å². The van der Waals surface area contributed by atoms with Crippen LogP contribution < -0.4 is 10.1 Å². The van der Waals surface area contributed by atoms with Crippen LogP contribution in [0.15, 0.2) is 47.6 Å². The number of guanidine groups is 1. The average molecular weight is 470 g/mol. The molecule has 0 aliphatic carbocycles. The van der Waals surface area contributed by atoms with Crippen molar-refractivity contribution in [2.75, 3.05) is 27.7 Å². The molecule has 0 saturated heterocycles. The van der Waals surface area contributed by atoms with Crippen molar-refractivity contribution in [3.8, 4) is 5.75 Å². The molecule has 0 unspecified atom stereocenters. The highest BCUT2D eigenvalue weighted by Crippen LogP contribution is 2.25. The molecule has 2 aromatic rings. The maximum absolute atomic E-state index is 5.35. The van der Waals surface area contributed by atoms with Crippen molar-refractivity contribution in [2.45, 2.75) is 25.8 Å². The fourth-order valence-corrected chi connectivity index (χ4v) is 2.81. The van der Waals surface area contributed by atoms with Gasteiger partial charge in [-0.05, 0) is 29.8 Å². The van der Waals surface area contributed by atoms with Crippen LogP contribution in [0.1, 0.15) is 25.1 Å². The van der Waals surface area contributed by atoms with Crippen LogP contribution in [0.4, 0.5) is 0 Å². The summed E-state index contributed by atoms with van der Waals surface area (Å²) in [5, 5.41) is 3.50. The van der Waals surface area contributed by atoms with Gasteiger partial charge in [0.25, 0.3) is 0 Å². The van der Waals surface area contributed by atoms with Crippen LogP contribution in [-0.4, -0.2) is 43.2 Å². The summed E-state index contributed by atoms with van der Waals surface area (Å²) in [4.78, 5) is 6.56. The molecule has 6 heteroatoms. The quantitative estimate of drug-likeness (QED) is 0.398. The summed E-state index contributed by atoms with van der Waals surface area (Å²) in [5.74, 6) is 1.77. The minimum Gasteiger partial charge on any atom is -0.497 e. The number of hydrogen-bond donors (Lipinski definition) is 1. The van der Waals surface area contributed by atoms with Gasteiger partial charge in [-0.2, -0.15) is 0 Å². The summed E-state index contributed by atoms with van der Waals surface area (Å²) in [7, 11) is 7.64. The largest absolute Gasteiger partial charge is 0.497 e. The predicted octanol–water partition coefficient (Wildman–Crippen LogP) is 3.64. The second-order valence-corrected chi connectivity index (χ2v) is 6.98. The van der Waals surface area contributed by atoms with E-state index in [9.17, 15) is 0 Å². The molecular formula is C20H31IN4O. The number of nitrogens with zero attached hydrogens (tertiary/aromatic N) is 3. The van der Waals surface area contributed by atoms with Crippen molar-refractivity contribution in [1.29, 1.82) is 0 Å². The van der Waals surface area contributed by atoms with E-state index in [0.29, 0.717) is 0 Å². The number of aromatic nitrogens is 1. The Morgan fingerprint density at radius 2 is 2.00 bits per heavy atom. The Morgan fingerprint density at radius 3 is 2.58 bits per heavy atom. The molecule has 2 rings (SSSR count). The zero-order chi connectivity index (χ0) is 18.4. The highest BCUT2D eigenvalue weighted by Gasteiger charge is 2.22. The zero-order valence-electron chi connectivity index (χ0n) is 16.6. The lowest BCUT2D eigenvalue weighted by Gasteiger charge is -2.29. The fraction of sp³-hybridized carbons (Fsp3) is 0.450. The third kappa shape index (κ3) is 5.65. The summed E-state index contributed by atoms with van der Waals surface area (Å²) < 4.78 is 7.48. The summed E-state index contributed by atoms with van der Waals surface area (Å²) in [5.41, 5.74) is 2.44. The Morgan fingerprint density at radius 1 is 1.27 bits per heavy atom. The maximum Gasteiger partial charge on any atom is 0.193 e. The third-order valence-electron chi connectivity index (χ3n) is 4.56. The van der Waals surface area contributed by atoms with Crippen molar-refractivity contribution in [1.82, 2.24) is 14.8 Å². The van der Waals surface area contributed by atoms with E-state index in [0.717, 1.165) is 24.8 Å². The SMILES string of the molecule is CN=C(NCC(C)(C)c1cccc(OC)c1)N(C)Cc1cccn1C.I. The van der Waals surface area contributed by atoms with E-state index < -0.39 is 0 Å². The van der Waals surface area contributed by atoms with Gasteiger partial charge in [0.2, 0.25) is 0 Å². The maximum atomic E-state index is 5.35. The first kappa shape index (κ1) is 22.3. The first-order valence-electron chi connectivity index (χ1n) is 8.54. The number of rotatable bonds is 6. The lowest BCUT2D eigenvalue weighted by Crippen LogP contribution is -2.44. The number of halogens is 1. The van der Waals surface area contributed by atoms with Crippen molar-refractivity contribution in [3.63, 3.8) is 0 Å². The number of hydrogen-bond acceptors (Lipinski definition) is 2. The van der Waals surface area contributed by atoms with Gasteiger partial charge in [0.15, 0.2) is 5.96 Å². The Hall–Kier alpha value is -1.70. The Labute approximate surface area is 174 Å². The molecule has 0 radical (unpaired) electrons. The number of methoxy groups -OCH3 is 1. The van der Waals surface area contributed by atoms with Gasteiger partial charge in [-0.1, -0.05) is 26.0 Å². The second kappa shape index (κ2) is 9.85. The van der Waals surface area contributed by atoms with Gasteiger partial charge in [0, 0.05) is 45.0 Å². The smallest absolute Gasteiger partial charge is 0.193 e. The van der Waals surface area contributed by atoms with Crippen LogP contribution in [-0.2, 0) is 19.0 Å². The van der Waals surface area contributed by atoms with Crippen LogP contribution in [0.2, 0.25) is 0 Å². The normalized spacial score (nSPS) is 11.7. The molecule has 0 bridgehead atoms. The van der Waals surface area contributed by atoms with Crippen LogP contribution in [0, 0.1) is 0 Å². The van der Waals surface area contributed by atoms with Crippen molar-refractivity contribution < 1.29 is 4.74 Å². The van der Waals surface area contributed by atoms with Gasteiger partial charge in [-0.15, -0.1) is 24.0 Å². The van der Waals surface area contributed by atoms with E-state index in [2.05, 4.69) is 78.2 Å². The molecule has 144 valence electrons. The Bertz CT molecular complexity index is 724. The molecule has 0 fully saturated rings. The van der Waals surface area contributed by atoms with Gasteiger partial charge < -0.3 is 19.5 Å². The Kier molecular flexibility index (Phi) is 8.46. The number of nitrogens with one attached hydrogen (secondary N) is 1. The minimum atomic E-state index is -0.0453. The van der Waals surface area contributed by atoms with E-state index in [1.807, 2.05) is 19.2 Å². The topological polar surface area (TPSA) is 41.8 Å². The second-order valence-electron chi connectivity index (χ2n) is 6.98. The summed E-state index contributed by atoms with van der Waals surface area (Å²) in [6.07, 6.45) is 2.06. The highest BCUT2D eigenvalue weighted by atomic mass is 127. The monoisotopic (exact) mass is 470 g/mol. The molecule has 26 heavy (non-hydrogen) atoms.